The standard InChI is InChI=1S/C32H39N5O6/c1-41-26-14-12-25(13-15-26)35-32(40)36-27(11-7-8-17-33-31(39)34-24-9-5-4-6-10-24)30(38)37-18-16-22-19-28(42-2)29(43-3)20-23(22)21-37/h4-6,9-10,12-15,19-20,27H,7-8,11,16-18,21H2,1-3H3,(H2,33,34,39)(H2,35,36,40)/t27-/m1/s1. The summed E-state index contributed by atoms with van der Waals surface area (Å²) in [5.41, 5.74) is 3.36. The molecule has 3 aromatic carbocycles. The van der Waals surface area contributed by atoms with Crippen molar-refractivity contribution in [2.24, 2.45) is 0 Å². The maximum absolute atomic E-state index is 13.8. The molecule has 0 saturated carbocycles. The van der Waals surface area contributed by atoms with Gasteiger partial charge in [0.15, 0.2) is 11.5 Å². The second kappa shape index (κ2) is 15.3. The third-order valence-electron chi connectivity index (χ3n) is 7.22. The fourth-order valence-electron chi connectivity index (χ4n) is 4.92. The highest BCUT2D eigenvalue weighted by atomic mass is 16.5. The van der Waals surface area contributed by atoms with E-state index in [1.165, 1.54) is 0 Å². The van der Waals surface area contributed by atoms with Crippen molar-refractivity contribution in [1.82, 2.24) is 15.5 Å². The summed E-state index contributed by atoms with van der Waals surface area (Å²) in [7, 11) is 4.75. The third-order valence-corrected chi connectivity index (χ3v) is 7.22. The Balaban J connectivity index is 1.37. The van der Waals surface area contributed by atoms with Gasteiger partial charge in [-0.2, -0.15) is 0 Å². The number of ether oxygens (including phenoxy) is 3. The van der Waals surface area contributed by atoms with Crippen molar-refractivity contribution in [1.29, 1.82) is 0 Å². The van der Waals surface area contributed by atoms with Gasteiger partial charge in [0, 0.05) is 31.0 Å². The van der Waals surface area contributed by atoms with Crippen LogP contribution in [-0.2, 0) is 17.8 Å². The van der Waals surface area contributed by atoms with E-state index >= 15 is 0 Å². The van der Waals surface area contributed by atoms with Crippen molar-refractivity contribution in [3.63, 3.8) is 0 Å². The van der Waals surface area contributed by atoms with Gasteiger partial charge >= 0.3 is 12.1 Å². The lowest BCUT2D eigenvalue weighted by molar-refractivity contribution is -0.134. The van der Waals surface area contributed by atoms with Crippen LogP contribution in [0.25, 0.3) is 0 Å². The molecular weight excluding hydrogens is 550 g/mol. The molecule has 1 aliphatic heterocycles. The molecule has 1 aliphatic rings. The van der Waals surface area contributed by atoms with Crippen molar-refractivity contribution in [3.8, 4) is 17.2 Å². The molecule has 0 bridgehead atoms. The first-order valence-electron chi connectivity index (χ1n) is 14.2. The molecule has 0 aliphatic carbocycles. The minimum Gasteiger partial charge on any atom is -0.497 e. The van der Waals surface area contributed by atoms with Crippen LogP contribution in [0.15, 0.2) is 66.7 Å². The molecule has 0 aromatic heterocycles. The first-order chi connectivity index (χ1) is 20.9. The van der Waals surface area contributed by atoms with Crippen LogP contribution in [0.4, 0.5) is 21.0 Å². The number of carbonyl (C=O) groups is 3. The molecule has 1 atom stereocenters. The number of benzene rings is 3. The number of unbranched alkanes of at least 4 members (excludes halogenated alkanes) is 1. The van der Waals surface area contributed by atoms with Crippen molar-refractivity contribution in [2.75, 3.05) is 45.1 Å². The Morgan fingerprint density at radius 1 is 0.791 bits per heavy atom. The third kappa shape index (κ3) is 8.78. The van der Waals surface area contributed by atoms with Crippen molar-refractivity contribution in [2.45, 2.75) is 38.3 Å². The summed E-state index contributed by atoms with van der Waals surface area (Å²) in [6.45, 7) is 1.34. The number of amides is 5. The Bertz CT molecular complexity index is 1380. The number of para-hydroxylation sites is 1. The lowest BCUT2D eigenvalue weighted by Crippen LogP contribution is -2.50. The van der Waals surface area contributed by atoms with Gasteiger partial charge < -0.3 is 40.4 Å². The van der Waals surface area contributed by atoms with Crippen LogP contribution in [0.1, 0.15) is 30.4 Å². The van der Waals surface area contributed by atoms with Crippen LogP contribution in [0.3, 0.4) is 0 Å². The van der Waals surface area contributed by atoms with Crippen molar-refractivity contribution in [3.05, 3.63) is 77.9 Å². The second-order valence-electron chi connectivity index (χ2n) is 10.1. The van der Waals surface area contributed by atoms with Crippen LogP contribution >= 0.6 is 0 Å². The van der Waals surface area contributed by atoms with Crippen molar-refractivity contribution >= 4 is 29.3 Å². The molecular formula is C32H39N5O6. The Morgan fingerprint density at radius 2 is 1.44 bits per heavy atom. The van der Waals surface area contributed by atoms with Crippen LogP contribution < -0.4 is 35.5 Å². The predicted molar refractivity (Wildman–Crippen MR) is 165 cm³/mol. The Kier molecular flexibility index (Phi) is 11.1. The summed E-state index contributed by atoms with van der Waals surface area (Å²) in [5, 5.41) is 11.3. The SMILES string of the molecule is COc1ccc(NC(=O)N[C@H](CCCCNC(=O)Nc2ccccc2)C(=O)N2CCc3cc(OC)c(OC)cc3C2)cc1. The monoisotopic (exact) mass is 589 g/mol. The van der Waals surface area contributed by atoms with E-state index in [1.807, 2.05) is 42.5 Å². The van der Waals surface area contributed by atoms with E-state index in [1.54, 1.807) is 50.5 Å². The molecule has 43 heavy (non-hydrogen) atoms. The summed E-state index contributed by atoms with van der Waals surface area (Å²) < 4.78 is 16.1. The predicted octanol–water partition coefficient (Wildman–Crippen LogP) is 4.78. The van der Waals surface area contributed by atoms with Gasteiger partial charge in [-0.05, 0) is 85.3 Å². The Morgan fingerprint density at radius 3 is 2.12 bits per heavy atom. The summed E-state index contributed by atoms with van der Waals surface area (Å²) >= 11 is 0. The molecule has 1 heterocycles. The normalized spacial score (nSPS) is 12.8. The molecule has 228 valence electrons. The first-order valence-corrected chi connectivity index (χ1v) is 14.2. The number of hydrogen-bond acceptors (Lipinski definition) is 6. The molecule has 0 unspecified atom stereocenters. The van der Waals surface area contributed by atoms with E-state index in [9.17, 15) is 14.4 Å². The van der Waals surface area contributed by atoms with Gasteiger partial charge in [0.25, 0.3) is 0 Å². The number of nitrogens with one attached hydrogen (secondary N) is 4. The zero-order chi connectivity index (χ0) is 30.6. The highest BCUT2D eigenvalue weighted by Crippen LogP contribution is 2.33. The number of urea groups is 2. The van der Waals surface area contributed by atoms with Crippen molar-refractivity contribution < 1.29 is 28.6 Å². The number of anilines is 2. The molecule has 0 radical (unpaired) electrons. The number of fused-ring (bicyclic) bond motifs is 1. The molecule has 3 aromatic rings. The van der Waals surface area contributed by atoms with Crippen LogP contribution in [0.5, 0.6) is 17.2 Å². The number of methoxy groups -OCH3 is 3. The molecule has 5 amide bonds. The lowest BCUT2D eigenvalue weighted by Gasteiger charge is -2.32. The van der Waals surface area contributed by atoms with E-state index in [-0.39, 0.29) is 11.9 Å². The quantitative estimate of drug-likeness (QED) is 0.225. The second-order valence-corrected chi connectivity index (χ2v) is 10.1. The Labute approximate surface area is 251 Å². The van der Waals surface area contributed by atoms with Gasteiger partial charge in [-0.3, -0.25) is 4.79 Å². The van der Waals surface area contributed by atoms with Crippen LogP contribution in [-0.4, -0.2) is 63.3 Å². The van der Waals surface area contributed by atoms with Gasteiger partial charge in [0.1, 0.15) is 11.8 Å². The highest BCUT2D eigenvalue weighted by molar-refractivity contribution is 5.94. The maximum Gasteiger partial charge on any atom is 0.319 e. The summed E-state index contributed by atoms with van der Waals surface area (Å²) in [5.74, 6) is 1.76. The molecule has 4 N–H and O–H groups in total. The number of rotatable bonds is 12. The van der Waals surface area contributed by atoms with Crippen LogP contribution in [0, 0.1) is 0 Å². The number of hydrogen-bond donors (Lipinski definition) is 4. The van der Waals surface area contributed by atoms with E-state index < -0.39 is 12.1 Å². The average Bonchev–Trinajstić information content (AvgIpc) is 3.03. The van der Waals surface area contributed by atoms with Gasteiger partial charge in [0.2, 0.25) is 5.91 Å². The van der Waals surface area contributed by atoms with Crippen LogP contribution in [0.2, 0.25) is 0 Å². The van der Waals surface area contributed by atoms with E-state index in [0.717, 1.165) is 11.1 Å². The molecule has 0 spiro atoms. The summed E-state index contributed by atoms with van der Waals surface area (Å²) in [6, 6.07) is 18.5. The van der Waals surface area contributed by atoms with Gasteiger partial charge in [-0.15, -0.1) is 0 Å². The topological polar surface area (TPSA) is 130 Å². The fourth-order valence-corrected chi connectivity index (χ4v) is 4.92. The highest BCUT2D eigenvalue weighted by Gasteiger charge is 2.29. The first kappa shape index (κ1) is 31.0. The molecule has 0 saturated heterocycles. The smallest absolute Gasteiger partial charge is 0.319 e. The maximum atomic E-state index is 13.8. The molecule has 0 fully saturated rings. The number of nitrogens with zero attached hydrogens (tertiary/aromatic N) is 1. The largest absolute Gasteiger partial charge is 0.497 e. The van der Waals surface area contributed by atoms with E-state index in [2.05, 4.69) is 21.3 Å². The molecule has 11 nitrogen and oxygen atoms in total. The summed E-state index contributed by atoms with van der Waals surface area (Å²) in [4.78, 5) is 40.7. The number of carbonyl (C=O) groups excluding carboxylic acids is 3. The molecule has 4 rings (SSSR count). The minimum absolute atomic E-state index is 0.167. The Hall–Kier alpha value is -4.93. The zero-order valence-electron chi connectivity index (χ0n) is 24.8. The minimum atomic E-state index is -0.752. The van der Waals surface area contributed by atoms with E-state index in [4.69, 9.17) is 14.2 Å². The molecule has 11 heteroatoms. The average molecular weight is 590 g/mol. The zero-order valence-corrected chi connectivity index (χ0v) is 24.8. The fraction of sp³-hybridized carbons (Fsp3) is 0.344. The lowest BCUT2D eigenvalue weighted by atomic mass is 9.97. The van der Waals surface area contributed by atoms with Gasteiger partial charge in [-0.1, -0.05) is 18.2 Å². The van der Waals surface area contributed by atoms with Gasteiger partial charge in [-0.25, -0.2) is 9.59 Å². The van der Waals surface area contributed by atoms with E-state index in [0.29, 0.717) is 73.9 Å². The van der Waals surface area contributed by atoms with Gasteiger partial charge in [0.05, 0.1) is 21.3 Å². The summed E-state index contributed by atoms with van der Waals surface area (Å²) in [6.07, 6.45) is 2.31.